The molecule has 2 unspecified atom stereocenters. The van der Waals surface area contributed by atoms with Crippen LogP contribution in [0.5, 0.6) is 0 Å². The highest BCUT2D eigenvalue weighted by atomic mass is 15.1. The molecule has 57 heavy (non-hydrogen) atoms. The van der Waals surface area contributed by atoms with Crippen molar-refractivity contribution in [3.05, 3.63) is 151 Å². The van der Waals surface area contributed by atoms with Crippen LogP contribution in [0.3, 0.4) is 0 Å². The molecule has 1 heteroatoms. The van der Waals surface area contributed by atoms with Crippen molar-refractivity contribution in [1.29, 1.82) is 0 Å². The van der Waals surface area contributed by atoms with E-state index in [2.05, 4.69) is 144 Å². The maximum Gasteiger partial charge on any atom is 0.0468 e. The third-order valence-corrected chi connectivity index (χ3v) is 15.9. The summed E-state index contributed by atoms with van der Waals surface area (Å²) in [6.07, 6.45) is 18.7. The Kier molecular flexibility index (Phi) is 8.17. The molecule has 6 fully saturated rings. The minimum absolute atomic E-state index is 0.396. The van der Waals surface area contributed by atoms with Crippen molar-refractivity contribution in [2.75, 3.05) is 4.90 Å². The number of hydrogen-bond donors (Lipinski definition) is 0. The molecule has 1 nitrogen and oxygen atoms in total. The van der Waals surface area contributed by atoms with Gasteiger partial charge in [0.2, 0.25) is 0 Å². The highest BCUT2D eigenvalue weighted by Crippen LogP contribution is 2.61. The SMILES string of the molecule is c1ccc2c(c1)-c1ccccc1-c1ccc(N(c3ccc(CC4CC5CCCC(C5)C4)cc3)c3ccc(C45CC6CC(CC(C6)C4)C5)cc3)cc1-c1ccccc1-2. The smallest absolute Gasteiger partial charge is 0.0468 e. The van der Waals surface area contributed by atoms with Crippen molar-refractivity contribution < 1.29 is 0 Å². The maximum absolute atomic E-state index is 2.54. The van der Waals surface area contributed by atoms with Crippen molar-refractivity contribution in [2.24, 2.45) is 35.5 Å². The lowest BCUT2D eigenvalue weighted by atomic mass is 9.48. The normalized spacial score (nSPS) is 27.6. The Balaban J connectivity index is 0.964. The number of rotatable bonds is 6. The summed E-state index contributed by atoms with van der Waals surface area (Å²) in [7, 11) is 0. The van der Waals surface area contributed by atoms with Gasteiger partial charge >= 0.3 is 0 Å². The van der Waals surface area contributed by atoms with Crippen LogP contribution in [-0.2, 0) is 11.8 Å². The molecule has 0 aromatic heterocycles. The van der Waals surface area contributed by atoms with Gasteiger partial charge in [0.1, 0.15) is 0 Å². The fourth-order valence-corrected chi connectivity index (χ4v) is 14.0. The van der Waals surface area contributed by atoms with E-state index >= 15 is 0 Å². The van der Waals surface area contributed by atoms with Crippen LogP contribution in [0.4, 0.5) is 17.1 Å². The second-order valence-electron chi connectivity index (χ2n) is 19.6. The molecule has 0 aliphatic heterocycles. The number of benzene rings is 6. The van der Waals surface area contributed by atoms with Gasteiger partial charge in [-0.05, 0) is 197 Å². The molecule has 284 valence electrons. The molecule has 0 spiro atoms. The van der Waals surface area contributed by atoms with Gasteiger partial charge < -0.3 is 4.90 Å². The zero-order valence-corrected chi connectivity index (χ0v) is 33.4. The fraction of sp³-hybridized carbons (Fsp3) is 0.357. The fourth-order valence-electron chi connectivity index (χ4n) is 14.0. The molecule has 0 N–H and O–H groups in total. The third-order valence-electron chi connectivity index (χ3n) is 15.9. The van der Waals surface area contributed by atoms with Crippen molar-refractivity contribution >= 4 is 17.1 Å². The van der Waals surface area contributed by atoms with E-state index in [1.165, 1.54) is 151 Å². The van der Waals surface area contributed by atoms with Crippen LogP contribution >= 0.6 is 0 Å². The molecule has 7 aliphatic carbocycles. The average Bonchev–Trinajstić information content (AvgIpc) is 3.24. The maximum atomic E-state index is 2.54. The minimum atomic E-state index is 0.396. The van der Waals surface area contributed by atoms with E-state index in [9.17, 15) is 0 Å². The van der Waals surface area contributed by atoms with Gasteiger partial charge in [-0.1, -0.05) is 122 Å². The van der Waals surface area contributed by atoms with E-state index in [0.29, 0.717) is 5.41 Å². The Hall–Kier alpha value is -4.88. The minimum Gasteiger partial charge on any atom is -0.310 e. The van der Waals surface area contributed by atoms with Crippen LogP contribution in [0.25, 0.3) is 44.5 Å². The first kappa shape index (κ1) is 34.2. The predicted molar refractivity (Wildman–Crippen MR) is 238 cm³/mol. The highest BCUT2D eigenvalue weighted by Gasteiger charge is 2.51. The summed E-state index contributed by atoms with van der Waals surface area (Å²) in [5.74, 6) is 5.63. The first-order chi connectivity index (χ1) is 28.1. The zero-order valence-electron chi connectivity index (χ0n) is 33.4. The Bertz CT molecular complexity index is 2400. The molecule has 7 aliphatic rings. The van der Waals surface area contributed by atoms with Gasteiger partial charge in [0, 0.05) is 17.1 Å². The van der Waals surface area contributed by atoms with Crippen molar-refractivity contribution in [2.45, 2.75) is 88.9 Å². The Morgan fingerprint density at radius 1 is 0.404 bits per heavy atom. The second kappa shape index (κ2) is 13.6. The summed E-state index contributed by atoms with van der Waals surface area (Å²) < 4.78 is 0. The molecule has 6 bridgehead atoms. The Labute approximate surface area is 340 Å². The van der Waals surface area contributed by atoms with E-state index in [1.807, 2.05) is 0 Å². The summed E-state index contributed by atoms with van der Waals surface area (Å²) in [5.41, 5.74) is 17.6. The van der Waals surface area contributed by atoms with Crippen LogP contribution in [0.1, 0.15) is 88.2 Å². The van der Waals surface area contributed by atoms with Gasteiger partial charge in [-0.3, -0.25) is 0 Å². The summed E-state index contributed by atoms with van der Waals surface area (Å²) >= 11 is 0. The van der Waals surface area contributed by atoms with Crippen LogP contribution in [0.2, 0.25) is 0 Å². The monoisotopic (exact) mass is 741 g/mol. The van der Waals surface area contributed by atoms with Gasteiger partial charge in [0.25, 0.3) is 0 Å². The van der Waals surface area contributed by atoms with Crippen LogP contribution in [-0.4, -0.2) is 0 Å². The zero-order chi connectivity index (χ0) is 37.5. The summed E-state index contributed by atoms with van der Waals surface area (Å²) in [6, 6.07) is 54.0. The first-order valence-corrected chi connectivity index (χ1v) is 22.5. The Morgan fingerprint density at radius 2 is 0.825 bits per heavy atom. The molecule has 6 aromatic rings. The van der Waals surface area contributed by atoms with Crippen LogP contribution < -0.4 is 4.90 Å². The van der Waals surface area contributed by atoms with Crippen molar-refractivity contribution in [1.82, 2.24) is 0 Å². The largest absolute Gasteiger partial charge is 0.310 e. The highest BCUT2D eigenvalue weighted by molar-refractivity contribution is 6.04. The van der Waals surface area contributed by atoms with Crippen LogP contribution in [0.15, 0.2) is 140 Å². The van der Waals surface area contributed by atoms with E-state index < -0.39 is 0 Å². The third kappa shape index (κ3) is 5.94. The molecular formula is C56H55N. The summed E-state index contributed by atoms with van der Waals surface area (Å²) in [6.45, 7) is 0. The number of anilines is 3. The summed E-state index contributed by atoms with van der Waals surface area (Å²) in [5, 5.41) is 0. The van der Waals surface area contributed by atoms with Gasteiger partial charge in [-0.15, -0.1) is 0 Å². The lowest BCUT2D eigenvalue weighted by molar-refractivity contribution is -0.00518. The average molecular weight is 742 g/mol. The molecule has 0 radical (unpaired) electrons. The number of hydrogen-bond acceptors (Lipinski definition) is 1. The molecule has 0 amide bonds. The van der Waals surface area contributed by atoms with Crippen molar-refractivity contribution in [3.8, 4) is 44.5 Å². The standard InChI is InChI=1S/C56H55N/c1-2-11-49-48(10-1)50-12-3-4-14-52(50)54-25-24-47(33-55(54)53-15-6-5-13-51(49)53)57(45-20-16-37(17-21-45)26-40-28-38-8-7-9-39(27-38)29-40)46-22-18-44(19-23-46)56-34-41-30-42(35-56)32-43(31-41)36-56/h1-6,10-25,33,38-43H,7-9,26-32,34-36H2. The van der Waals surface area contributed by atoms with E-state index in [1.54, 1.807) is 5.56 Å². The number of fused-ring (bicyclic) bond motifs is 10. The summed E-state index contributed by atoms with van der Waals surface area (Å²) in [4.78, 5) is 2.54. The molecule has 2 atom stereocenters. The second-order valence-corrected chi connectivity index (χ2v) is 19.6. The van der Waals surface area contributed by atoms with Gasteiger partial charge in [0.05, 0.1) is 0 Å². The molecule has 0 saturated heterocycles. The van der Waals surface area contributed by atoms with E-state index in [4.69, 9.17) is 0 Å². The van der Waals surface area contributed by atoms with Gasteiger partial charge in [-0.2, -0.15) is 0 Å². The van der Waals surface area contributed by atoms with E-state index in [0.717, 1.165) is 35.5 Å². The topological polar surface area (TPSA) is 3.24 Å². The molecule has 6 aromatic carbocycles. The lowest BCUT2D eigenvalue weighted by Gasteiger charge is -2.57. The first-order valence-electron chi connectivity index (χ1n) is 22.5. The molecule has 6 saturated carbocycles. The quantitative estimate of drug-likeness (QED) is 0.164. The molecular weight excluding hydrogens is 687 g/mol. The molecule has 13 rings (SSSR count). The Morgan fingerprint density at radius 3 is 1.33 bits per heavy atom. The molecule has 0 heterocycles. The van der Waals surface area contributed by atoms with Crippen LogP contribution in [0, 0.1) is 35.5 Å². The van der Waals surface area contributed by atoms with Gasteiger partial charge in [0.15, 0.2) is 0 Å². The van der Waals surface area contributed by atoms with Crippen molar-refractivity contribution in [3.63, 3.8) is 0 Å². The van der Waals surface area contributed by atoms with E-state index in [-0.39, 0.29) is 0 Å². The predicted octanol–water partition coefficient (Wildman–Crippen LogP) is 15.4. The van der Waals surface area contributed by atoms with Gasteiger partial charge in [-0.25, -0.2) is 0 Å². The number of nitrogens with zero attached hydrogens (tertiary/aromatic N) is 1. The lowest BCUT2D eigenvalue weighted by Crippen LogP contribution is -2.48.